The first kappa shape index (κ1) is 20.7. The van der Waals surface area contributed by atoms with E-state index >= 15 is 0 Å². The van der Waals surface area contributed by atoms with E-state index in [4.69, 9.17) is 0 Å². The number of piperazine rings is 1. The number of likely N-dealkylation sites (tertiary alicyclic amines) is 1. The van der Waals surface area contributed by atoms with E-state index in [-0.39, 0.29) is 42.7 Å². The Labute approximate surface area is 154 Å². The summed E-state index contributed by atoms with van der Waals surface area (Å²) in [5, 5.41) is 7.21. The van der Waals surface area contributed by atoms with Crippen molar-refractivity contribution in [1.29, 1.82) is 0 Å². The Hall–Kier alpha value is -1.31. The highest BCUT2D eigenvalue weighted by atomic mass is 35.5. The van der Waals surface area contributed by atoms with Gasteiger partial charge in [0.05, 0.1) is 6.54 Å². The van der Waals surface area contributed by atoms with Gasteiger partial charge in [-0.1, -0.05) is 0 Å². The normalized spacial score (nSPS) is 21.0. The van der Waals surface area contributed by atoms with Gasteiger partial charge in [-0.15, -0.1) is 24.8 Å². The van der Waals surface area contributed by atoms with Crippen LogP contribution in [-0.2, 0) is 16.1 Å². The number of nitrogens with one attached hydrogen (secondary N) is 1. The molecule has 2 saturated heterocycles. The van der Waals surface area contributed by atoms with E-state index < -0.39 is 0 Å². The van der Waals surface area contributed by atoms with Crippen LogP contribution in [0.4, 0.5) is 0 Å². The Kier molecular flexibility index (Phi) is 8.52. The first-order chi connectivity index (χ1) is 10.7. The number of aryl methyl sites for hydroxylation is 1. The smallest absolute Gasteiger partial charge is 0.236 e. The Morgan fingerprint density at radius 3 is 2.88 bits per heavy atom. The number of halogens is 2. The molecule has 2 aliphatic heterocycles. The number of nitrogens with zero attached hydrogens (tertiary/aromatic N) is 4. The van der Waals surface area contributed by atoms with Gasteiger partial charge in [-0.2, -0.15) is 5.10 Å². The molecule has 1 unspecified atom stereocenters. The quantitative estimate of drug-likeness (QED) is 0.831. The van der Waals surface area contributed by atoms with Crippen LogP contribution in [0.15, 0.2) is 18.5 Å². The number of rotatable bonds is 4. The highest BCUT2D eigenvalue weighted by Crippen LogP contribution is 2.17. The lowest BCUT2D eigenvalue weighted by Crippen LogP contribution is -2.57. The molecular formula is C15H25Cl2N5O2. The third-order valence-electron chi connectivity index (χ3n) is 4.43. The van der Waals surface area contributed by atoms with E-state index in [9.17, 15) is 9.59 Å². The van der Waals surface area contributed by atoms with Crippen LogP contribution in [0.2, 0.25) is 0 Å². The number of hydrogen-bond acceptors (Lipinski definition) is 4. The van der Waals surface area contributed by atoms with Gasteiger partial charge in [0.25, 0.3) is 0 Å². The molecule has 24 heavy (non-hydrogen) atoms. The fraction of sp³-hybridized carbons (Fsp3) is 0.667. The van der Waals surface area contributed by atoms with Crippen molar-refractivity contribution in [2.75, 3.05) is 32.7 Å². The first-order valence-corrected chi connectivity index (χ1v) is 7.99. The molecule has 0 radical (unpaired) electrons. The summed E-state index contributed by atoms with van der Waals surface area (Å²) in [4.78, 5) is 28.2. The average molecular weight is 378 g/mol. The predicted octanol–water partition coefficient (Wildman–Crippen LogP) is 0.540. The van der Waals surface area contributed by atoms with Gasteiger partial charge in [0, 0.05) is 57.6 Å². The number of hydrogen-bond donors (Lipinski definition) is 1. The SMILES string of the molecule is Cl.Cl.O=C(CCn1cccn1)N1CCCC(N2CCNCC2=O)C1. The number of carbonyl (C=O) groups excluding carboxylic acids is 2. The van der Waals surface area contributed by atoms with Crippen molar-refractivity contribution < 1.29 is 9.59 Å². The Morgan fingerprint density at radius 1 is 1.33 bits per heavy atom. The zero-order valence-corrected chi connectivity index (χ0v) is 15.2. The Morgan fingerprint density at radius 2 is 2.17 bits per heavy atom. The molecule has 2 aliphatic rings. The van der Waals surface area contributed by atoms with E-state index in [2.05, 4.69) is 10.4 Å². The number of carbonyl (C=O) groups is 2. The van der Waals surface area contributed by atoms with E-state index in [1.54, 1.807) is 10.9 Å². The molecule has 0 saturated carbocycles. The molecule has 3 rings (SSSR count). The molecule has 2 fully saturated rings. The summed E-state index contributed by atoms with van der Waals surface area (Å²) >= 11 is 0. The zero-order chi connectivity index (χ0) is 15.4. The maximum Gasteiger partial charge on any atom is 0.236 e. The van der Waals surface area contributed by atoms with Crippen molar-refractivity contribution in [1.82, 2.24) is 24.9 Å². The van der Waals surface area contributed by atoms with E-state index in [0.717, 1.165) is 32.5 Å². The van der Waals surface area contributed by atoms with Gasteiger partial charge in [-0.3, -0.25) is 14.3 Å². The lowest BCUT2D eigenvalue weighted by atomic mass is 10.0. The topological polar surface area (TPSA) is 70.5 Å². The molecule has 0 bridgehead atoms. The summed E-state index contributed by atoms with van der Waals surface area (Å²) in [6, 6.07) is 2.04. The van der Waals surface area contributed by atoms with Crippen LogP contribution in [0.1, 0.15) is 19.3 Å². The molecule has 136 valence electrons. The first-order valence-electron chi connectivity index (χ1n) is 7.99. The largest absolute Gasteiger partial charge is 0.341 e. The third-order valence-corrected chi connectivity index (χ3v) is 4.43. The molecule has 7 nitrogen and oxygen atoms in total. The molecule has 3 heterocycles. The van der Waals surface area contributed by atoms with Gasteiger partial charge in [-0.25, -0.2) is 0 Å². The summed E-state index contributed by atoms with van der Waals surface area (Å²) in [6.45, 7) is 4.09. The lowest BCUT2D eigenvalue weighted by molar-refractivity contribution is -0.140. The Balaban J connectivity index is 0.00000144. The van der Waals surface area contributed by atoms with Gasteiger partial charge in [0.15, 0.2) is 0 Å². The molecule has 1 aromatic heterocycles. The zero-order valence-electron chi connectivity index (χ0n) is 13.6. The number of aromatic nitrogens is 2. The second kappa shape index (κ2) is 9.86. The van der Waals surface area contributed by atoms with Gasteiger partial charge in [0.1, 0.15) is 0 Å². The van der Waals surface area contributed by atoms with Crippen LogP contribution < -0.4 is 5.32 Å². The molecular weight excluding hydrogens is 353 g/mol. The summed E-state index contributed by atoms with van der Waals surface area (Å²) in [5.41, 5.74) is 0. The van der Waals surface area contributed by atoms with Crippen molar-refractivity contribution in [2.24, 2.45) is 0 Å². The molecule has 0 spiro atoms. The van der Waals surface area contributed by atoms with Crippen LogP contribution in [0.25, 0.3) is 0 Å². The Bertz CT molecular complexity index is 526. The highest BCUT2D eigenvalue weighted by Gasteiger charge is 2.31. The molecule has 0 aliphatic carbocycles. The van der Waals surface area contributed by atoms with Crippen molar-refractivity contribution in [3.63, 3.8) is 0 Å². The maximum absolute atomic E-state index is 12.4. The van der Waals surface area contributed by atoms with Crippen LogP contribution in [0, 0.1) is 0 Å². The summed E-state index contributed by atoms with van der Waals surface area (Å²) in [6.07, 6.45) is 6.01. The minimum Gasteiger partial charge on any atom is -0.341 e. The van der Waals surface area contributed by atoms with Crippen LogP contribution >= 0.6 is 24.8 Å². The van der Waals surface area contributed by atoms with E-state index in [1.807, 2.05) is 22.1 Å². The summed E-state index contributed by atoms with van der Waals surface area (Å²) in [7, 11) is 0. The molecule has 0 aromatic carbocycles. The number of piperidine rings is 1. The van der Waals surface area contributed by atoms with Crippen LogP contribution in [0.3, 0.4) is 0 Å². The standard InChI is InChI=1S/C15H23N5O2.2ClH/c21-14(4-9-19-8-2-5-17-19)18-7-1-3-13(12-18)20-10-6-16-11-15(20)22;;/h2,5,8,13,16H,1,3-4,6-7,9-12H2;2*1H. The van der Waals surface area contributed by atoms with Gasteiger partial charge < -0.3 is 15.1 Å². The van der Waals surface area contributed by atoms with Gasteiger partial charge >= 0.3 is 0 Å². The van der Waals surface area contributed by atoms with Crippen molar-refractivity contribution in [2.45, 2.75) is 31.8 Å². The minimum absolute atomic E-state index is 0. The fourth-order valence-corrected chi connectivity index (χ4v) is 3.24. The lowest BCUT2D eigenvalue weighted by Gasteiger charge is -2.41. The van der Waals surface area contributed by atoms with Gasteiger partial charge in [0.2, 0.25) is 11.8 Å². The van der Waals surface area contributed by atoms with Crippen LogP contribution in [0.5, 0.6) is 0 Å². The maximum atomic E-state index is 12.4. The molecule has 1 N–H and O–H groups in total. The van der Waals surface area contributed by atoms with E-state index in [1.165, 1.54) is 0 Å². The minimum atomic E-state index is 0. The van der Waals surface area contributed by atoms with Crippen molar-refractivity contribution in [3.8, 4) is 0 Å². The second-order valence-corrected chi connectivity index (χ2v) is 5.92. The summed E-state index contributed by atoms with van der Waals surface area (Å²) < 4.78 is 1.78. The number of amides is 2. The molecule has 1 aromatic rings. The van der Waals surface area contributed by atoms with Crippen molar-refractivity contribution >= 4 is 36.6 Å². The average Bonchev–Trinajstić information content (AvgIpc) is 3.06. The molecule has 9 heteroatoms. The van der Waals surface area contributed by atoms with E-state index in [0.29, 0.717) is 26.1 Å². The van der Waals surface area contributed by atoms with Crippen molar-refractivity contribution in [3.05, 3.63) is 18.5 Å². The second-order valence-electron chi connectivity index (χ2n) is 5.92. The molecule has 1 atom stereocenters. The highest BCUT2D eigenvalue weighted by molar-refractivity contribution is 5.85. The third kappa shape index (κ3) is 5.09. The molecule has 2 amide bonds. The van der Waals surface area contributed by atoms with Gasteiger partial charge in [-0.05, 0) is 18.9 Å². The predicted molar refractivity (Wildman–Crippen MR) is 95.5 cm³/mol. The monoisotopic (exact) mass is 377 g/mol. The summed E-state index contributed by atoms with van der Waals surface area (Å²) in [5.74, 6) is 0.310. The fourth-order valence-electron chi connectivity index (χ4n) is 3.24. The van der Waals surface area contributed by atoms with Crippen LogP contribution in [-0.4, -0.2) is 70.2 Å².